The molecule has 0 aromatic carbocycles. The molecule has 4 rings (SSSR count). The zero-order chi connectivity index (χ0) is 16.9. The third-order valence-electron chi connectivity index (χ3n) is 8.22. The highest BCUT2D eigenvalue weighted by molar-refractivity contribution is 5.98. The van der Waals surface area contributed by atoms with Crippen LogP contribution in [0.5, 0.6) is 0 Å². The first-order chi connectivity index (χ1) is 11.5. The van der Waals surface area contributed by atoms with Crippen LogP contribution in [0.25, 0.3) is 0 Å². The number of hydrogen-bond acceptors (Lipinski definition) is 2. The number of hydrogen-bond donors (Lipinski definition) is 2. The summed E-state index contributed by atoms with van der Waals surface area (Å²) in [5, 5.41) is 19.6. The van der Waals surface area contributed by atoms with E-state index in [0.717, 1.165) is 43.4 Å². The lowest BCUT2D eigenvalue weighted by Crippen LogP contribution is -2.54. The van der Waals surface area contributed by atoms with Crippen molar-refractivity contribution in [1.82, 2.24) is 0 Å². The van der Waals surface area contributed by atoms with Gasteiger partial charge in [-0.05, 0) is 67.6 Å². The summed E-state index contributed by atoms with van der Waals surface area (Å²) in [6, 6.07) is 0. The zero-order valence-electron chi connectivity index (χ0n) is 14.5. The molecule has 0 amide bonds. The summed E-state index contributed by atoms with van der Waals surface area (Å²) < 4.78 is 0. The van der Waals surface area contributed by atoms with Gasteiger partial charge in [-0.2, -0.15) is 0 Å². The van der Waals surface area contributed by atoms with E-state index in [1.165, 1.54) is 38.5 Å². The van der Waals surface area contributed by atoms with E-state index in [2.05, 4.69) is 0 Å². The van der Waals surface area contributed by atoms with Gasteiger partial charge in [-0.1, -0.05) is 38.5 Å². The summed E-state index contributed by atoms with van der Waals surface area (Å²) >= 11 is 0. The maximum absolute atomic E-state index is 12.0. The molecule has 0 saturated heterocycles. The molecule has 4 heteroatoms. The number of aliphatic carboxylic acids is 2. The Morgan fingerprint density at radius 3 is 1.75 bits per heavy atom. The number of rotatable bonds is 2. The molecule has 4 saturated carbocycles. The highest BCUT2D eigenvalue weighted by atomic mass is 16.4. The molecule has 6 atom stereocenters. The third-order valence-corrected chi connectivity index (χ3v) is 8.22. The number of carboxylic acid groups (broad SMARTS) is 2. The van der Waals surface area contributed by atoms with Crippen molar-refractivity contribution >= 4 is 11.9 Å². The second-order valence-electron chi connectivity index (χ2n) is 9.11. The normalized spacial score (nSPS) is 43.8. The smallest absolute Gasteiger partial charge is 0.321 e. The second-order valence-corrected chi connectivity index (χ2v) is 9.11. The second kappa shape index (κ2) is 6.03. The van der Waals surface area contributed by atoms with Crippen LogP contribution in [0, 0.1) is 40.9 Å². The van der Waals surface area contributed by atoms with Gasteiger partial charge in [0, 0.05) is 0 Å². The van der Waals surface area contributed by atoms with Crippen molar-refractivity contribution < 1.29 is 19.8 Å². The fourth-order valence-electron chi connectivity index (χ4n) is 7.09. The molecule has 0 spiro atoms. The zero-order valence-corrected chi connectivity index (χ0v) is 14.5. The van der Waals surface area contributed by atoms with Crippen LogP contribution in [0.15, 0.2) is 0 Å². The minimum Gasteiger partial charge on any atom is -0.480 e. The maximum atomic E-state index is 12.0. The standard InChI is InChI=1S/C20H30O4/c21-18(22)20(19(23)24)7-3-6-14-10-15-8-12-4-1-2-5-13(12)9-16(15)11-17(14)20/h12-17H,1-11H2,(H,21,22)(H,23,24). The van der Waals surface area contributed by atoms with Gasteiger partial charge in [0.2, 0.25) is 0 Å². The fourth-order valence-corrected chi connectivity index (χ4v) is 7.09. The molecule has 0 aliphatic heterocycles. The largest absolute Gasteiger partial charge is 0.480 e. The Labute approximate surface area is 144 Å². The topological polar surface area (TPSA) is 74.6 Å². The fraction of sp³-hybridized carbons (Fsp3) is 0.900. The lowest BCUT2D eigenvalue weighted by Gasteiger charge is -2.54. The van der Waals surface area contributed by atoms with E-state index < -0.39 is 17.4 Å². The van der Waals surface area contributed by atoms with Gasteiger partial charge in [0.05, 0.1) is 0 Å². The van der Waals surface area contributed by atoms with Crippen molar-refractivity contribution in [3.05, 3.63) is 0 Å². The Kier molecular flexibility index (Phi) is 4.12. The third kappa shape index (κ3) is 2.40. The molecular formula is C20H30O4. The van der Waals surface area contributed by atoms with Crippen molar-refractivity contribution in [3.8, 4) is 0 Å². The summed E-state index contributed by atoms with van der Waals surface area (Å²) in [7, 11) is 0. The molecule has 4 fully saturated rings. The molecule has 0 aromatic rings. The Hall–Kier alpha value is -1.06. The summed E-state index contributed by atoms with van der Waals surface area (Å²) in [5.74, 6) is 0.998. The Balaban J connectivity index is 1.59. The van der Waals surface area contributed by atoms with E-state index in [9.17, 15) is 19.8 Å². The van der Waals surface area contributed by atoms with Gasteiger partial charge < -0.3 is 10.2 Å². The molecule has 0 aromatic heterocycles. The Bertz CT molecular complexity index is 514. The monoisotopic (exact) mass is 334 g/mol. The SMILES string of the molecule is O=C(O)C1(C(=O)O)CCCC2CC3CC4CCCCC4CC3CC21. The van der Waals surface area contributed by atoms with Crippen molar-refractivity contribution in [2.75, 3.05) is 0 Å². The van der Waals surface area contributed by atoms with Crippen molar-refractivity contribution in [2.45, 2.75) is 70.6 Å². The van der Waals surface area contributed by atoms with E-state index in [-0.39, 0.29) is 5.92 Å². The number of fused-ring (bicyclic) bond motifs is 3. The predicted octanol–water partition coefficient (Wildman–Crippen LogP) is 4.18. The molecule has 24 heavy (non-hydrogen) atoms. The summed E-state index contributed by atoms with van der Waals surface area (Å²) in [6.45, 7) is 0. The number of carboxylic acids is 2. The molecule has 4 aliphatic carbocycles. The lowest BCUT2D eigenvalue weighted by molar-refractivity contribution is -0.179. The molecule has 4 aliphatic rings. The van der Waals surface area contributed by atoms with Gasteiger partial charge in [-0.15, -0.1) is 0 Å². The van der Waals surface area contributed by atoms with E-state index >= 15 is 0 Å². The molecular weight excluding hydrogens is 304 g/mol. The summed E-state index contributed by atoms with van der Waals surface area (Å²) in [6.07, 6.45) is 12.0. The maximum Gasteiger partial charge on any atom is 0.321 e. The van der Waals surface area contributed by atoms with Crippen LogP contribution in [0.4, 0.5) is 0 Å². The lowest BCUT2D eigenvalue weighted by atomic mass is 9.49. The number of carbonyl (C=O) groups is 2. The molecule has 0 radical (unpaired) electrons. The van der Waals surface area contributed by atoms with Crippen LogP contribution in [0.1, 0.15) is 70.6 Å². The minimum atomic E-state index is -1.52. The van der Waals surface area contributed by atoms with E-state index in [1.807, 2.05) is 0 Å². The quantitative estimate of drug-likeness (QED) is 0.743. The summed E-state index contributed by atoms with van der Waals surface area (Å²) in [5.41, 5.74) is -1.52. The highest BCUT2D eigenvalue weighted by Gasteiger charge is 2.59. The first-order valence-corrected chi connectivity index (χ1v) is 9.99. The minimum absolute atomic E-state index is 0.150. The van der Waals surface area contributed by atoms with Crippen LogP contribution >= 0.6 is 0 Å². The highest BCUT2D eigenvalue weighted by Crippen LogP contribution is 2.59. The predicted molar refractivity (Wildman–Crippen MR) is 89.4 cm³/mol. The van der Waals surface area contributed by atoms with Gasteiger partial charge in [-0.3, -0.25) is 9.59 Å². The van der Waals surface area contributed by atoms with E-state index in [0.29, 0.717) is 18.3 Å². The van der Waals surface area contributed by atoms with Crippen LogP contribution in [0.2, 0.25) is 0 Å². The van der Waals surface area contributed by atoms with Crippen LogP contribution in [-0.4, -0.2) is 22.2 Å². The average Bonchev–Trinajstić information content (AvgIpc) is 2.57. The van der Waals surface area contributed by atoms with Gasteiger partial charge in [0.1, 0.15) is 0 Å². The van der Waals surface area contributed by atoms with E-state index in [4.69, 9.17) is 0 Å². The molecule has 134 valence electrons. The van der Waals surface area contributed by atoms with Crippen molar-refractivity contribution in [1.29, 1.82) is 0 Å². The summed E-state index contributed by atoms with van der Waals surface area (Å²) in [4.78, 5) is 24.0. The molecule has 0 heterocycles. The van der Waals surface area contributed by atoms with Gasteiger partial charge >= 0.3 is 11.9 Å². The molecule has 6 unspecified atom stereocenters. The molecule has 0 bridgehead atoms. The van der Waals surface area contributed by atoms with Crippen molar-refractivity contribution in [2.24, 2.45) is 40.9 Å². The molecule has 2 N–H and O–H groups in total. The molecule has 4 nitrogen and oxygen atoms in total. The van der Waals surface area contributed by atoms with Crippen molar-refractivity contribution in [3.63, 3.8) is 0 Å². The van der Waals surface area contributed by atoms with Gasteiger partial charge in [-0.25, -0.2) is 0 Å². The Morgan fingerprint density at radius 2 is 1.17 bits per heavy atom. The van der Waals surface area contributed by atoms with Crippen LogP contribution < -0.4 is 0 Å². The van der Waals surface area contributed by atoms with Crippen LogP contribution in [-0.2, 0) is 9.59 Å². The van der Waals surface area contributed by atoms with Gasteiger partial charge in [0.25, 0.3) is 0 Å². The van der Waals surface area contributed by atoms with Crippen LogP contribution in [0.3, 0.4) is 0 Å². The van der Waals surface area contributed by atoms with E-state index in [1.54, 1.807) is 0 Å². The average molecular weight is 334 g/mol. The van der Waals surface area contributed by atoms with Gasteiger partial charge in [0.15, 0.2) is 5.41 Å². The first-order valence-electron chi connectivity index (χ1n) is 9.99. The Morgan fingerprint density at radius 1 is 0.667 bits per heavy atom. The first kappa shape index (κ1) is 16.4.